The van der Waals surface area contributed by atoms with Gasteiger partial charge >= 0.3 is 6.09 Å². The maximum atomic E-state index is 12.7. The van der Waals surface area contributed by atoms with E-state index in [0.717, 1.165) is 5.56 Å². The lowest BCUT2D eigenvalue weighted by molar-refractivity contribution is 0.0535. The van der Waals surface area contributed by atoms with Gasteiger partial charge in [-0.1, -0.05) is 11.8 Å². The van der Waals surface area contributed by atoms with E-state index in [0.29, 0.717) is 22.4 Å². The normalized spacial score (nSPS) is 20.3. The van der Waals surface area contributed by atoms with E-state index in [-0.39, 0.29) is 24.1 Å². The second kappa shape index (κ2) is 10.5. The molecule has 0 radical (unpaired) electrons. The molecule has 1 aliphatic rings. The van der Waals surface area contributed by atoms with E-state index >= 15 is 0 Å². The molecule has 2 aromatic rings. The van der Waals surface area contributed by atoms with E-state index in [4.69, 9.17) is 19.2 Å². The molecule has 1 unspecified atom stereocenters. The Morgan fingerprint density at radius 2 is 1.91 bits per heavy atom. The first-order chi connectivity index (χ1) is 16.0. The Morgan fingerprint density at radius 3 is 2.53 bits per heavy atom. The maximum Gasteiger partial charge on any atom is 0.413 e. The monoisotopic (exact) mass is 487 g/mol. The summed E-state index contributed by atoms with van der Waals surface area (Å²) in [5.74, 6) is 0.899. The average Bonchev–Trinajstić information content (AvgIpc) is 2.78. The fourth-order valence-corrected chi connectivity index (χ4v) is 4.48. The van der Waals surface area contributed by atoms with Gasteiger partial charge in [0.2, 0.25) is 5.78 Å². The smallest absolute Gasteiger partial charge is 0.413 e. The first kappa shape index (κ1) is 25.6. The molecule has 1 amide bonds. The van der Waals surface area contributed by atoms with Crippen molar-refractivity contribution in [2.75, 3.05) is 20.0 Å². The number of amides is 1. The summed E-state index contributed by atoms with van der Waals surface area (Å²) in [5.41, 5.74) is -0.164. The molecule has 11 heteroatoms. The number of carbonyl (C=O) groups excluding carboxylic acids is 2. The van der Waals surface area contributed by atoms with Gasteiger partial charge in [0.05, 0.1) is 31.3 Å². The minimum Gasteiger partial charge on any atom is -0.494 e. The Balaban J connectivity index is 1.83. The summed E-state index contributed by atoms with van der Waals surface area (Å²) in [6.45, 7) is 7.27. The molecular formula is C23H29N5O5S. The van der Waals surface area contributed by atoms with Crippen LogP contribution in [0.25, 0.3) is 0 Å². The van der Waals surface area contributed by atoms with E-state index in [1.165, 1.54) is 31.3 Å². The van der Waals surface area contributed by atoms with Crippen LogP contribution in [0.3, 0.4) is 0 Å². The third-order valence-corrected chi connectivity index (χ3v) is 5.98. The van der Waals surface area contributed by atoms with Gasteiger partial charge in [-0.3, -0.25) is 15.1 Å². The van der Waals surface area contributed by atoms with Crippen molar-refractivity contribution in [2.45, 2.75) is 51.4 Å². The lowest BCUT2D eigenvalue weighted by Crippen LogP contribution is -2.46. The fraction of sp³-hybridized carbons (Fsp3) is 0.478. The molecule has 0 spiro atoms. The van der Waals surface area contributed by atoms with Crippen LogP contribution in [-0.4, -0.2) is 63.7 Å². The van der Waals surface area contributed by atoms with Crippen molar-refractivity contribution in [3.63, 3.8) is 0 Å². The largest absolute Gasteiger partial charge is 0.494 e. The molecule has 3 rings (SSSR count). The minimum atomic E-state index is -0.889. The van der Waals surface area contributed by atoms with Crippen LogP contribution in [0, 0.1) is 0 Å². The molecule has 0 bridgehead atoms. The molecule has 34 heavy (non-hydrogen) atoms. The van der Waals surface area contributed by atoms with Crippen LogP contribution in [0.5, 0.6) is 5.75 Å². The summed E-state index contributed by atoms with van der Waals surface area (Å²) in [6.07, 6.45) is 3.75. The second-order valence-electron chi connectivity index (χ2n) is 8.82. The highest BCUT2D eigenvalue weighted by Crippen LogP contribution is 2.36. The van der Waals surface area contributed by atoms with Gasteiger partial charge in [-0.25, -0.2) is 19.8 Å². The number of methoxy groups -OCH3 is 2. The molecule has 2 atom stereocenters. The highest BCUT2D eigenvalue weighted by atomic mass is 32.2. The topological polar surface area (TPSA) is 125 Å². The van der Waals surface area contributed by atoms with Crippen LogP contribution in [0.2, 0.25) is 0 Å². The molecule has 0 fully saturated rings. The highest BCUT2D eigenvalue weighted by Gasteiger charge is 2.42. The van der Waals surface area contributed by atoms with Crippen LogP contribution in [0.4, 0.5) is 4.79 Å². The molecule has 3 heterocycles. The van der Waals surface area contributed by atoms with E-state index in [1.807, 2.05) is 13.0 Å². The summed E-state index contributed by atoms with van der Waals surface area (Å²) in [4.78, 5) is 42.3. The molecule has 0 aliphatic carbocycles. The van der Waals surface area contributed by atoms with Gasteiger partial charge in [0.15, 0.2) is 16.7 Å². The first-order valence-corrected chi connectivity index (χ1v) is 11.6. The first-order valence-electron chi connectivity index (χ1n) is 10.6. The number of aliphatic imine (C=N–C) groups is 1. The molecule has 0 saturated heterocycles. The second-order valence-corrected chi connectivity index (χ2v) is 9.83. The van der Waals surface area contributed by atoms with Crippen molar-refractivity contribution in [3.8, 4) is 5.75 Å². The number of nitrogens with zero attached hydrogens (tertiary/aromatic N) is 4. The number of nitrogens with one attached hydrogen (secondary N) is 1. The van der Waals surface area contributed by atoms with Crippen LogP contribution < -0.4 is 10.1 Å². The Hall–Kier alpha value is -3.05. The third kappa shape index (κ3) is 6.29. The number of rotatable bonds is 6. The number of thioether (sulfide) groups is 1. The summed E-state index contributed by atoms with van der Waals surface area (Å²) < 4.78 is 16.1. The minimum absolute atomic E-state index is 0.0943. The highest BCUT2D eigenvalue weighted by molar-refractivity contribution is 8.14. The summed E-state index contributed by atoms with van der Waals surface area (Å²) in [5, 5.41) is 3.13. The van der Waals surface area contributed by atoms with Gasteiger partial charge < -0.3 is 14.2 Å². The Bertz CT molecular complexity index is 1070. The molecule has 10 nitrogen and oxygen atoms in total. The maximum absolute atomic E-state index is 12.7. The predicted octanol–water partition coefficient (Wildman–Crippen LogP) is 3.16. The summed E-state index contributed by atoms with van der Waals surface area (Å²) in [6, 6.07) is 3.58. The van der Waals surface area contributed by atoms with Crippen molar-refractivity contribution in [1.82, 2.24) is 20.3 Å². The van der Waals surface area contributed by atoms with Crippen molar-refractivity contribution >= 4 is 28.8 Å². The van der Waals surface area contributed by atoms with E-state index in [9.17, 15) is 9.59 Å². The van der Waals surface area contributed by atoms with E-state index < -0.39 is 17.2 Å². The summed E-state index contributed by atoms with van der Waals surface area (Å²) >= 11 is 1.37. The van der Waals surface area contributed by atoms with Crippen molar-refractivity contribution in [1.29, 1.82) is 0 Å². The van der Waals surface area contributed by atoms with Gasteiger partial charge in [-0.2, -0.15) is 0 Å². The van der Waals surface area contributed by atoms with Gasteiger partial charge in [-0.15, -0.1) is 0 Å². The molecule has 0 aromatic carbocycles. The van der Waals surface area contributed by atoms with Crippen LogP contribution in [0.1, 0.15) is 49.6 Å². The van der Waals surface area contributed by atoms with Gasteiger partial charge in [0.25, 0.3) is 0 Å². The number of ether oxygens (including phenoxy) is 3. The lowest BCUT2D eigenvalue weighted by atomic mass is 9.90. The van der Waals surface area contributed by atoms with Crippen LogP contribution >= 0.6 is 11.8 Å². The van der Waals surface area contributed by atoms with E-state index in [1.54, 1.807) is 40.1 Å². The number of ketones is 1. The fourth-order valence-electron chi connectivity index (χ4n) is 3.30. The zero-order chi connectivity index (χ0) is 24.9. The molecule has 0 saturated carbocycles. The number of carbonyl (C=O) groups is 2. The standard InChI is InChI=1S/C23H29N5O5S/c1-22(2,3)33-21(30)27-20-28-23(4,18(32-6)13-34-20)17-10-14(7-8-24-17)9-16(29)19-25-11-15(31-5)12-26-19/h7-8,10-12,18H,9,13H2,1-6H3,(H,27,28,30)/t18?,23-/m1/s1. The number of hydrogen-bond donors (Lipinski definition) is 1. The molecule has 1 N–H and O–H groups in total. The van der Waals surface area contributed by atoms with Crippen LogP contribution in [0.15, 0.2) is 35.7 Å². The third-order valence-electron chi connectivity index (χ3n) is 5.05. The number of pyridine rings is 1. The van der Waals surface area contributed by atoms with Crippen molar-refractivity contribution in [2.24, 2.45) is 4.99 Å². The van der Waals surface area contributed by atoms with E-state index in [2.05, 4.69) is 20.3 Å². The average molecular weight is 488 g/mol. The zero-order valence-electron chi connectivity index (χ0n) is 20.1. The van der Waals surface area contributed by atoms with Crippen molar-refractivity contribution < 1.29 is 23.8 Å². The number of hydrogen-bond acceptors (Lipinski definition) is 10. The quantitative estimate of drug-likeness (QED) is 0.612. The Morgan fingerprint density at radius 1 is 1.21 bits per heavy atom. The predicted molar refractivity (Wildman–Crippen MR) is 128 cm³/mol. The van der Waals surface area contributed by atoms with Crippen molar-refractivity contribution in [3.05, 3.63) is 47.8 Å². The number of amidine groups is 1. The molecule has 2 aromatic heterocycles. The zero-order valence-corrected chi connectivity index (χ0v) is 20.9. The molecule has 1 aliphatic heterocycles. The SMILES string of the molecule is COc1cnc(C(=O)Cc2ccnc([C@@]3(C)N=C(NC(=O)OC(C)(C)C)SCC3OC)c2)nc1. The van der Waals surface area contributed by atoms with Crippen LogP contribution in [-0.2, 0) is 21.4 Å². The van der Waals surface area contributed by atoms with Gasteiger partial charge in [0.1, 0.15) is 11.1 Å². The lowest BCUT2D eigenvalue weighted by Gasteiger charge is -2.36. The number of alkyl carbamates (subject to hydrolysis) is 1. The summed E-state index contributed by atoms with van der Waals surface area (Å²) in [7, 11) is 3.12. The van der Waals surface area contributed by atoms with Gasteiger partial charge in [-0.05, 0) is 45.4 Å². The number of Topliss-reactive ketones (excluding diaryl/α,β-unsaturated/α-hetero) is 1. The Kier molecular flexibility index (Phi) is 7.88. The molecule has 182 valence electrons. The van der Waals surface area contributed by atoms with Gasteiger partial charge in [0, 0.05) is 25.5 Å². The molecular weight excluding hydrogens is 458 g/mol. The number of aromatic nitrogens is 3. The Labute approximate surface area is 202 Å².